The summed E-state index contributed by atoms with van der Waals surface area (Å²) in [5, 5.41) is 25.4. The SMILES string of the molecule is CC(=O)OS.OCCCC(CO)CO. The summed E-state index contributed by atoms with van der Waals surface area (Å²) in [5.41, 5.74) is 0. The Morgan fingerprint density at radius 2 is 1.79 bits per heavy atom. The van der Waals surface area contributed by atoms with E-state index in [0.29, 0.717) is 12.8 Å². The highest BCUT2D eigenvalue weighted by molar-refractivity contribution is 7.75. The molecular formula is C8H18O5S. The predicted molar refractivity (Wildman–Crippen MR) is 54.7 cm³/mol. The van der Waals surface area contributed by atoms with Crippen LogP contribution in [0.1, 0.15) is 19.8 Å². The van der Waals surface area contributed by atoms with Crippen LogP contribution in [0.4, 0.5) is 0 Å². The summed E-state index contributed by atoms with van der Waals surface area (Å²) in [6.45, 7) is 1.44. The topological polar surface area (TPSA) is 87.0 Å². The Kier molecular flexibility index (Phi) is 14.6. The molecule has 0 aromatic carbocycles. The maximum absolute atomic E-state index is 9.51. The number of rotatable bonds is 5. The van der Waals surface area contributed by atoms with E-state index in [0.717, 1.165) is 0 Å². The lowest BCUT2D eigenvalue weighted by Gasteiger charge is -2.07. The van der Waals surface area contributed by atoms with E-state index in [2.05, 4.69) is 17.1 Å². The van der Waals surface area contributed by atoms with Gasteiger partial charge in [-0.3, -0.25) is 4.79 Å². The van der Waals surface area contributed by atoms with Crippen molar-refractivity contribution in [1.29, 1.82) is 0 Å². The fourth-order valence-electron chi connectivity index (χ4n) is 0.620. The van der Waals surface area contributed by atoms with Gasteiger partial charge in [0.25, 0.3) is 0 Å². The number of aliphatic hydroxyl groups excluding tert-OH is 3. The highest BCUT2D eigenvalue weighted by Gasteiger charge is 2.03. The molecule has 0 aliphatic heterocycles. The van der Waals surface area contributed by atoms with Crippen LogP contribution in [-0.4, -0.2) is 41.1 Å². The Bertz CT molecular complexity index is 127. The fourth-order valence-corrected chi connectivity index (χ4v) is 0.620. The average molecular weight is 226 g/mol. The predicted octanol–water partition coefficient (Wildman–Crippen LogP) is -0.246. The molecule has 3 N–H and O–H groups in total. The van der Waals surface area contributed by atoms with Gasteiger partial charge in [-0.05, 0) is 12.8 Å². The number of thiol groups is 1. The zero-order valence-corrected chi connectivity index (χ0v) is 9.11. The second-order valence-corrected chi connectivity index (χ2v) is 2.86. The number of aliphatic hydroxyl groups is 3. The second-order valence-electron chi connectivity index (χ2n) is 2.68. The molecule has 0 rings (SSSR count). The van der Waals surface area contributed by atoms with Crippen LogP contribution >= 0.6 is 12.9 Å². The Labute approximate surface area is 89.3 Å². The highest BCUT2D eigenvalue weighted by Crippen LogP contribution is 2.02. The van der Waals surface area contributed by atoms with Crippen molar-refractivity contribution in [3.8, 4) is 0 Å². The Balaban J connectivity index is 0. The third kappa shape index (κ3) is 14.2. The number of hydrogen-bond donors (Lipinski definition) is 4. The zero-order valence-electron chi connectivity index (χ0n) is 8.22. The molecule has 0 fully saturated rings. The summed E-state index contributed by atoms with van der Waals surface area (Å²) in [7, 11) is 0. The van der Waals surface area contributed by atoms with E-state index >= 15 is 0 Å². The number of carbonyl (C=O) groups is 1. The van der Waals surface area contributed by atoms with Crippen LogP contribution in [0.25, 0.3) is 0 Å². The Morgan fingerprint density at radius 3 is 2.00 bits per heavy atom. The van der Waals surface area contributed by atoms with Gasteiger partial charge in [-0.1, -0.05) is 0 Å². The summed E-state index contributed by atoms with van der Waals surface area (Å²) in [6, 6.07) is 0. The molecule has 0 aliphatic carbocycles. The van der Waals surface area contributed by atoms with E-state index in [1.54, 1.807) is 0 Å². The molecule has 0 saturated heterocycles. The molecule has 0 heterocycles. The largest absolute Gasteiger partial charge is 0.396 e. The van der Waals surface area contributed by atoms with Gasteiger partial charge in [0.15, 0.2) is 0 Å². The van der Waals surface area contributed by atoms with Crippen molar-refractivity contribution in [1.82, 2.24) is 0 Å². The molecule has 14 heavy (non-hydrogen) atoms. The standard InChI is InChI=1S/C6H14O3.C2H4O2S/c7-3-1-2-6(4-8)5-9;1-2(3)4-5/h6-9H,1-5H2;5H,1H3. The maximum atomic E-state index is 9.51. The summed E-state index contributed by atoms with van der Waals surface area (Å²) in [4.78, 5) is 9.51. The molecule has 0 saturated carbocycles. The molecule has 6 heteroatoms. The first-order valence-electron chi connectivity index (χ1n) is 4.26. The van der Waals surface area contributed by atoms with E-state index in [1.807, 2.05) is 0 Å². The smallest absolute Gasteiger partial charge is 0.314 e. The van der Waals surface area contributed by atoms with E-state index in [4.69, 9.17) is 15.3 Å². The molecule has 0 aromatic rings. The minimum Gasteiger partial charge on any atom is -0.396 e. The Morgan fingerprint density at radius 1 is 1.36 bits per heavy atom. The third-order valence-corrected chi connectivity index (χ3v) is 1.67. The lowest BCUT2D eigenvalue weighted by molar-refractivity contribution is -0.130. The maximum Gasteiger partial charge on any atom is 0.314 e. The fraction of sp³-hybridized carbons (Fsp3) is 0.875. The van der Waals surface area contributed by atoms with Crippen LogP contribution in [0.2, 0.25) is 0 Å². The van der Waals surface area contributed by atoms with Crippen molar-refractivity contribution < 1.29 is 24.3 Å². The van der Waals surface area contributed by atoms with Gasteiger partial charge >= 0.3 is 5.97 Å². The average Bonchev–Trinajstić information content (AvgIpc) is 2.20. The summed E-state index contributed by atoms with van der Waals surface area (Å²) >= 11 is 3.17. The molecule has 0 radical (unpaired) electrons. The first kappa shape index (κ1) is 16.1. The minimum atomic E-state index is -0.381. The van der Waals surface area contributed by atoms with E-state index in [9.17, 15) is 4.79 Å². The molecule has 0 aliphatic rings. The van der Waals surface area contributed by atoms with E-state index < -0.39 is 0 Å². The first-order valence-corrected chi connectivity index (χ1v) is 4.63. The van der Waals surface area contributed by atoms with Crippen LogP contribution in [0.5, 0.6) is 0 Å². The molecule has 0 aromatic heterocycles. The molecule has 0 atom stereocenters. The van der Waals surface area contributed by atoms with Crippen LogP contribution < -0.4 is 0 Å². The monoisotopic (exact) mass is 226 g/mol. The van der Waals surface area contributed by atoms with Crippen molar-refractivity contribution >= 4 is 18.9 Å². The van der Waals surface area contributed by atoms with Gasteiger partial charge in [-0.25, -0.2) is 0 Å². The summed E-state index contributed by atoms with van der Waals surface area (Å²) in [5.74, 6) is -0.425. The molecule has 0 unspecified atom stereocenters. The minimum absolute atomic E-state index is 0.0104. The van der Waals surface area contributed by atoms with Crippen molar-refractivity contribution in [3.63, 3.8) is 0 Å². The van der Waals surface area contributed by atoms with Gasteiger partial charge in [0, 0.05) is 45.6 Å². The van der Waals surface area contributed by atoms with Crippen molar-refractivity contribution in [2.45, 2.75) is 19.8 Å². The van der Waals surface area contributed by atoms with Crippen LogP contribution in [0.3, 0.4) is 0 Å². The van der Waals surface area contributed by atoms with Crippen molar-refractivity contribution in [2.75, 3.05) is 19.8 Å². The molecular weight excluding hydrogens is 208 g/mol. The quantitative estimate of drug-likeness (QED) is 0.384. The second kappa shape index (κ2) is 12.7. The molecule has 5 nitrogen and oxygen atoms in total. The van der Waals surface area contributed by atoms with Gasteiger partial charge in [0.05, 0.1) is 0 Å². The van der Waals surface area contributed by atoms with Gasteiger partial charge < -0.3 is 19.5 Å². The van der Waals surface area contributed by atoms with Gasteiger partial charge in [0.1, 0.15) is 0 Å². The normalized spacial score (nSPS) is 9.29. The van der Waals surface area contributed by atoms with Crippen LogP contribution in [0.15, 0.2) is 0 Å². The molecule has 0 bridgehead atoms. The third-order valence-electron chi connectivity index (χ3n) is 1.42. The van der Waals surface area contributed by atoms with Crippen molar-refractivity contribution in [3.05, 3.63) is 0 Å². The van der Waals surface area contributed by atoms with Crippen molar-refractivity contribution in [2.24, 2.45) is 5.92 Å². The van der Waals surface area contributed by atoms with Gasteiger partial charge in [-0.2, -0.15) is 0 Å². The first-order chi connectivity index (χ1) is 6.62. The Hall–Kier alpha value is -0.300. The lowest BCUT2D eigenvalue weighted by atomic mass is 10.1. The van der Waals surface area contributed by atoms with Crippen LogP contribution in [-0.2, 0) is 8.98 Å². The van der Waals surface area contributed by atoms with Crippen LogP contribution in [0, 0.1) is 5.92 Å². The van der Waals surface area contributed by atoms with Gasteiger partial charge in [-0.15, -0.1) is 0 Å². The summed E-state index contributed by atoms with van der Waals surface area (Å²) < 4.78 is 3.81. The lowest BCUT2D eigenvalue weighted by Crippen LogP contribution is -2.11. The van der Waals surface area contributed by atoms with Gasteiger partial charge in [0.2, 0.25) is 0 Å². The molecule has 0 amide bonds. The van der Waals surface area contributed by atoms with E-state index in [-0.39, 0.29) is 31.7 Å². The highest BCUT2D eigenvalue weighted by atomic mass is 32.1. The molecule has 86 valence electrons. The summed E-state index contributed by atoms with van der Waals surface area (Å²) in [6.07, 6.45) is 1.36. The number of carbonyl (C=O) groups excluding carboxylic acids is 1. The van der Waals surface area contributed by atoms with E-state index in [1.165, 1.54) is 6.92 Å². The zero-order chi connectivity index (χ0) is 11.4. The number of hydrogen-bond acceptors (Lipinski definition) is 6. The molecule has 0 spiro atoms.